The van der Waals surface area contributed by atoms with Gasteiger partial charge in [0, 0.05) is 26.4 Å². The maximum Gasteiger partial charge on any atom is 0.193 e. The molecule has 152 valence electrons. The molecule has 0 aromatic heterocycles. The molecule has 0 heterocycles. The molecule has 0 bridgehead atoms. The molecule has 0 amide bonds. The van der Waals surface area contributed by atoms with Crippen LogP contribution in [0.15, 0.2) is 29.3 Å². The zero-order valence-corrected chi connectivity index (χ0v) is 18.1. The fourth-order valence-corrected chi connectivity index (χ4v) is 4.46. The summed E-state index contributed by atoms with van der Waals surface area (Å²) in [5.41, 5.74) is 1.91. The summed E-state index contributed by atoms with van der Waals surface area (Å²) in [6.45, 7) is 6.93. The zero-order valence-electron chi connectivity index (χ0n) is 17.2. The smallest absolute Gasteiger partial charge is 0.193 e. The Morgan fingerprint density at radius 1 is 1.15 bits per heavy atom. The number of nitrogens with one attached hydrogen (secondary N) is 1. The van der Waals surface area contributed by atoms with Crippen molar-refractivity contribution in [3.05, 3.63) is 35.4 Å². The molecule has 0 atom stereocenters. The Labute approximate surface area is 165 Å². The van der Waals surface area contributed by atoms with Gasteiger partial charge in [-0.2, -0.15) is 0 Å². The van der Waals surface area contributed by atoms with E-state index in [0.717, 1.165) is 42.0 Å². The van der Waals surface area contributed by atoms with Crippen LogP contribution in [0.4, 0.5) is 0 Å². The van der Waals surface area contributed by atoms with Gasteiger partial charge >= 0.3 is 0 Å². The van der Waals surface area contributed by atoms with E-state index >= 15 is 0 Å². The number of aliphatic imine (C=N–C) groups is 1. The minimum absolute atomic E-state index is 0.0852. The molecule has 5 nitrogen and oxygen atoms in total. The largest absolute Gasteiger partial charge is 0.357 e. The first-order valence-electron chi connectivity index (χ1n) is 10.0. The SMILES string of the molecule is CCNC(=NCc1ccc(CS(C)(=O)=O)cc1)N(C)CC1CCC(C)CC1. The van der Waals surface area contributed by atoms with Crippen molar-refractivity contribution in [3.8, 4) is 0 Å². The van der Waals surface area contributed by atoms with Crippen molar-refractivity contribution < 1.29 is 8.42 Å². The van der Waals surface area contributed by atoms with E-state index in [1.807, 2.05) is 24.3 Å². The van der Waals surface area contributed by atoms with Crippen molar-refractivity contribution in [1.82, 2.24) is 10.2 Å². The molecule has 27 heavy (non-hydrogen) atoms. The van der Waals surface area contributed by atoms with Gasteiger partial charge in [-0.05, 0) is 42.7 Å². The minimum atomic E-state index is -3.00. The lowest BCUT2D eigenvalue weighted by molar-refractivity contribution is 0.250. The van der Waals surface area contributed by atoms with E-state index in [4.69, 9.17) is 4.99 Å². The molecule has 0 spiro atoms. The third kappa shape index (κ3) is 7.91. The van der Waals surface area contributed by atoms with E-state index in [0.29, 0.717) is 6.54 Å². The maximum absolute atomic E-state index is 11.4. The van der Waals surface area contributed by atoms with Crippen LogP contribution in [0.25, 0.3) is 0 Å². The second-order valence-corrected chi connectivity index (χ2v) is 10.2. The fraction of sp³-hybridized carbons (Fsp3) is 0.667. The summed E-state index contributed by atoms with van der Waals surface area (Å²) in [7, 11) is -0.876. The average molecular weight is 394 g/mol. The van der Waals surface area contributed by atoms with Crippen molar-refractivity contribution in [2.45, 2.75) is 51.8 Å². The van der Waals surface area contributed by atoms with E-state index in [-0.39, 0.29) is 5.75 Å². The maximum atomic E-state index is 11.4. The van der Waals surface area contributed by atoms with Gasteiger partial charge in [0.2, 0.25) is 0 Å². The van der Waals surface area contributed by atoms with Gasteiger partial charge in [-0.3, -0.25) is 0 Å². The molecular weight excluding hydrogens is 358 g/mol. The first kappa shape index (κ1) is 21.7. The van der Waals surface area contributed by atoms with Crippen LogP contribution < -0.4 is 5.32 Å². The average Bonchev–Trinajstić information content (AvgIpc) is 2.60. The first-order chi connectivity index (χ1) is 12.8. The second kappa shape index (κ2) is 10.1. The second-order valence-electron chi connectivity index (χ2n) is 8.06. The molecule has 1 aromatic carbocycles. The lowest BCUT2D eigenvalue weighted by atomic mass is 9.83. The Kier molecular flexibility index (Phi) is 8.14. The lowest BCUT2D eigenvalue weighted by Crippen LogP contribution is -2.41. The summed E-state index contributed by atoms with van der Waals surface area (Å²) in [6, 6.07) is 7.70. The van der Waals surface area contributed by atoms with Crippen LogP contribution in [-0.4, -0.2) is 45.7 Å². The van der Waals surface area contributed by atoms with Crippen LogP contribution >= 0.6 is 0 Å². The monoisotopic (exact) mass is 393 g/mol. The highest BCUT2D eigenvalue weighted by atomic mass is 32.2. The van der Waals surface area contributed by atoms with Crippen LogP contribution in [0.1, 0.15) is 50.7 Å². The summed E-state index contributed by atoms with van der Waals surface area (Å²) in [5.74, 6) is 2.66. The number of sulfone groups is 1. The van der Waals surface area contributed by atoms with Crippen LogP contribution in [0.2, 0.25) is 0 Å². The Bertz CT molecular complexity index is 705. The Morgan fingerprint density at radius 3 is 2.30 bits per heavy atom. The standard InChI is InChI=1S/C21H35N3O2S/c1-5-22-21(24(3)15-19-8-6-17(2)7-9-19)23-14-18-10-12-20(13-11-18)16-27(4,25)26/h10-13,17,19H,5-9,14-16H2,1-4H3,(H,22,23). The third-order valence-corrected chi connectivity index (χ3v) is 6.08. The minimum Gasteiger partial charge on any atom is -0.357 e. The Morgan fingerprint density at radius 2 is 1.74 bits per heavy atom. The summed E-state index contributed by atoms with van der Waals surface area (Å²) < 4.78 is 22.8. The molecule has 6 heteroatoms. The summed E-state index contributed by atoms with van der Waals surface area (Å²) >= 11 is 0. The summed E-state index contributed by atoms with van der Waals surface area (Å²) in [4.78, 5) is 7.03. The highest BCUT2D eigenvalue weighted by Gasteiger charge is 2.20. The molecule has 1 fully saturated rings. The molecule has 2 rings (SSSR count). The molecule has 1 aliphatic carbocycles. The summed E-state index contributed by atoms with van der Waals surface area (Å²) in [5, 5.41) is 3.39. The van der Waals surface area contributed by atoms with E-state index < -0.39 is 9.84 Å². The Balaban J connectivity index is 1.95. The predicted molar refractivity (Wildman–Crippen MR) is 114 cm³/mol. The predicted octanol–water partition coefficient (Wildman–Crippen LogP) is 3.45. The van der Waals surface area contributed by atoms with Gasteiger partial charge in [0.05, 0.1) is 12.3 Å². The zero-order chi connectivity index (χ0) is 19.9. The Hall–Kier alpha value is -1.56. The number of rotatable bonds is 7. The molecule has 1 aliphatic rings. The van der Waals surface area contributed by atoms with Crippen molar-refractivity contribution in [1.29, 1.82) is 0 Å². The number of hydrogen-bond acceptors (Lipinski definition) is 3. The van der Waals surface area contributed by atoms with Crippen LogP contribution in [0.3, 0.4) is 0 Å². The number of nitrogens with zero attached hydrogens (tertiary/aromatic N) is 2. The lowest BCUT2D eigenvalue weighted by Gasteiger charge is -2.31. The van der Waals surface area contributed by atoms with Crippen LogP contribution in [0.5, 0.6) is 0 Å². The fourth-order valence-electron chi connectivity index (χ4n) is 3.66. The third-order valence-electron chi connectivity index (χ3n) is 5.23. The van der Waals surface area contributed by atoms with Gasteiger partial charge < -0.3 is 10.2 Å². The van der Waals surface area contributed by atoms with Crippen LogP contribution in [0, 0.1) is 11.8 Å². The van der Waals surface area contributed by atoms with Crippen LogP contribution in [-0.2, 0) is 22.1 Å². The number of hydrogen-bond donors (Lipinski definition) is 1. The molecule has 0 unspecified atom stereocenters. The number of benzene rings is 1. The van der Waals surface area contributed by atoms with E-state index in [1.165, 1.54) is 31.9 Å². The summed E-state index contributed by atoms with van der Waals surface area (Å²) in [6.07, 6.45) is 6.56. The first-order valence-corrected chi connectivity index (χ1v) is 12.1. The van der Waals surface area contributed by atoms with Crippen molar-refractivity contribution >= 4 is 15.8 Å². The van der Waals surface area contributed by atoms with Crippen molar-refractivity contribution in [2.24, 2.45) is 16.8 Å². The van der Waals surface area contributed by atoms with Gasteiger partial charge in [0.1, 0.15) is 0 Å². The normalized spacial score (nSPS) is 21.1. The van der Waals surface area contributed by atoms with Gasteiger partial charge in [-0.1, -0.05) is 44.0 Å². The van der Waals surface area contributed by atoms with Gasteiger partial charge in [0.15, 0.2) is 15.8 Å². The highest BCUT2D eigenvalue weighted by Crippen LogP contribution is 2.28. The topological polar surface area (TPSA) is 61.8 Å². The van der Waals surface area contributed by atoms with E-state index in [9.17, 15) is 8.42 Å². The number of guanidine groups is 1. The molecule has 1 aromatic rings. The van der Waals surface area contributed by atoms with E-state index in [1.54, 1.807) is 0 Å². The van der Waals surface area contributed by atoms with Gasteiger partial charge in [0.25, 0.3) is 0 Å². The van der Waals surface area contributed by atoms with E-state index in [2.05, 4.69) is 31.1 Å². The van der Waals surface area contributed by atoms with Gasteiger partial charge in [-0.25, -0.2) is 13.4 Å². The molecule has 1 saturated carbocycles. The molecular formula is C21H35N3O2S. The van der Waals surface area contributed by atoms with Crippen molar-refractivity contribution in [3.63, 3.8) is 0 Å². The molecule has 0 radical (unpaired) electrons. The molecule has 0 saturated heterocycles. The van der Waals surface area contributed by atoms with Crippen molar-refractivity contribution in [2.75, 3.05) is 26.4 Å². The molecule has 0 aliphatic heterocycles. The highest BCUT2D eigenvalue weighted by molar-refractivity contribution is 7.89. The molecule has 1 N–H and O–H groups in total. The quantitative estimate of drug-likeness (QED) is 0.569. The van der Waals surface area contributed by atoms with Gasteiger partial charge in [-0.15, -0.1) is 0 Å².